The average molecular weight is 524 g/mol. The number of allylic oxidation sites excluding steroid dienone is 2. The van der Waals surface area contributed by atoms with Gasteiger partial charge in [0, 0.05) is 39.4 Å². The zero-order valence-electron chi connectivity index (χ0n) is 20.6. The Morgan fingerprint density at radius 3 is 2.22 bits per heavy atom. The number of halogens is 1. The molecule has 0 aliphatic carbocycles. The van der Waals surface area contributed by atoms with Gasteiger partial charge in [-0.15, -0.1) is 0 Å². The van der Waals surface area contributed by atoms with Crippen LogP contribution in [0.2, 0.25) is 5.02 Å². The first-order chi connectivity index (χ1) is 18.0. The summed E-state index contributed by atoms with van der Waals surface area (Å²) in [4.78, 5) is 16.7. The fraction of sp³-hybridized carbons (Fsp3) is 0.0938. The fourth-order valence-corrected chi connectivity index (χ4v) is 5.58. The van der Waals surface area contributed by atoms with E-state index in [4.69, 9.17) is 16.3 Å². The maximum atomic E-state index is 13.4. The smallest absolute Gasteiger partial charge is 0.188 e. The van der Waals surface area contributed by atoms with Gasteiger partial charge in [0.25, 0.3) is 0 Å². The summed E-state index contributed by atoms with van der Waals surface area (Å²) in [5.74, 6) is 0.668. The highest BCUT2D eigenvalue weighted by Crippen LogP contribution is 2.49. The van der Waals surface area contributed by atoms with Crippen LogP contribution in [0.4, 0.5) is 5.69 Å². The van der Waals surface area contributed by atoms with Crippen LogP contribution in [0, 0.1) is 6.92 Å². The van der Waals surface area contributed by atoms with Crippen LogP contribution in [0.25, 0.3) is 4.91 Å². The number of methoxy groups -OCH3 is 1. The largest absolute Gasteiger partial charge is 0.497 e. The normalized spacial score (nSPS) is 14.4. The number of carbonyl (C=O) groups is 1. The fourth-order valence-electron chi connectivity index (χ4n) is 4.23. The third-order valence-corrected chi connectivity index (χ3v) is 7.64. The van der Waals surface area contributed by atoms with E-state index in [9.17, 15) is 4.79 Å². The van der Waals surface area contributed by atoms with Crippen molar-refractivity contribution in [3.8, 4) is 5.75 Å². The molecule has 1 heterocycles. The Labute approximate surface area is 227 Å². The molecule has 0 saturated heterocycles. The number of carbonyl (C=O) groups excluding carboxylic acids is 1. The summed E-state index contributed by atoms with van der Waals surface area (Å²) < 4.78 is 5.25. The van der Waals surface area contributed by atoms with Crippen molar-refractivity contribution in [1.82, 2.24) is 0 Å². The Morgan fingerprint density at radius 2 is 1.57 bits per heavy atom. The molecular weight excluding hydrogens is 498 g/mol. The van der Waals surface area contributed by atoms with Crippen LogP contribution in [0.15, 0.2) is 120 Å². The maximum Gasteiger partial charge on any atom is 0.188 e. The zero-order chi connectivity index (χ0) is 25.8. The van der Waals surface area contributed by atoms with E-state index in [1.165, 1.54) is 5.56 Å². The minimum Gasteiger partial charge on any atom is -0.497 e. The number of para-hydroxylation sites is 1. The van der Waals surface area contributed by atoms with Gasteiger partial charge in [-0.25, -0.2) is 0 Å². The molecule has 3 nitrogen and oxygen atoms in total. The molecule has 1 aliphatic rings. The molecule has 0 amide bonds. The number of hydrogen-bond donors (Lipinski definition) is 0. The lowest BCUT2D eigenvalue weighted by Crippen LogP contribution is -2.19. The molecule has 1 aliphatic heterocycles. The highest BCUT2D eigenvalue weighted by Gasteiger charge is 2.31. The number of rotatable bonds is 7. The number of ketones is 1. The van der Waals surface area contributed by atoms with E-state index in [-0.39, 0.29) is 5.78 Å². The lowest BCUT2D eigenvalue weighted by molar-refractivity contribution is 0.104. The third-order valence-electron chi connectivity index (χ3n) is 6.20. The van der Waals surface area contributed by atoms with Crippen molar-refractivity contribution in [2.24, 2.45) is 0 Å². The first-order valence-corrected chi connectivity index (χ1v) is 13.2. The SMILES string of the molecule is COc1ccc(C(=O)/C=C2\SC(c3ccc(C)cc3)=C(Cc3ccc(Cl)cc3)N2c2ccccc2)cc1. The zero-order valence-corrected chi connectivity index (χ0v) is 22.2. The van der Waals surface area contributed by atoms with Gasteiger partial charge in [0.15, 0.2) is 5.78 Å². The number of hydrogen-bond acceptors (Lipinski definition) is 4. The van der Waals surface area contributed by atoms with Gasteiger partial charge >= 0.3 is 0 Å². The van der Waals surface area contributed by atoms with Crippen LogP contribution in [0.3, 0.4) is 0 Å². The van der Waals surface area contributed by atoms with E-state index in [0.717, 1.165) is 38.2 Å². The molecule has 0 bridgehead atoms. The molecule has 5 heteroatoms. The second kappa shape index (κ2) is 11.1. The predicted molar refractivity (Wildman–Crippen MR) is 155 cm³/mol. The minimum atomic E-state index is -0.0536. The first-order valence-electron chi connectivity index (χ1n) is 12.0. The van der Waals surface area contributed by atoms with Crippen molar-refractivity contribution >= 4 is 39.7 Å². The highest BCUT2D eigenvalue weighted by atomic mass is 35.5. The van der Waals surface area contributed by atoms with Gasteiger partial charge in [0.2, 0.25) is 0 Å². The minimum absolute atomic E-state index is 0.0536. The number of thioether (sulfide) groups is 1. The summed E-state index contributed by atoms with van der Waals surface area (Å²) in [6.07, 6.45) is 2.43. The summed E-state index contributed by atoms with van der Waals surface area (Å²) in [6.45, 7) is 2.09. The Hall–Kier alpha value is -3.73. The molecule has 4 aromatic carbocycles. The van der Waals surface area contributed by atoms with Crippen LogP contribution in [-0.2, 0) is 6.42 Å². The Morgan fingerprint density at radius 1 is 0.892 bits per heavy atom. The molecule has 0 spiro atoms. The Balaban J connectivity index is 1.62. The lowest BCUT2D eigenvalue weighted by atomic mass is 10.0. The van der Waals surface area contributed by atoms with Crippen LogP contribution >= 0.6 is 23.4 Å². The van der Waals surface area contributed by atoms with E-state index in [1.807, 2.05) is 42.5 Å². The number of nitrogens with zero attached hydrogens (tertiary/aromatic N) is 1. The van der Waals surface area contributed by atoms with Gasteiger partial charge in [-0.05, 0) is 66.6 Å². The summed E-state index contributed by atoms with van der Waals surface area (Å²) in [7, 11) is 1.62. The molecule has 0 fully saturated rings. The van der Waals surface area contributed by atoms with Crippen LogP contribution < -0.4 is 9.64 Å². The van der Waals surface area contributed by atoms with E-state index in [0.29, 0.717) is 17.0 Å². The number of aryl methyl sites for hydroxylation is 1. The summed E-state index contributed by atoms with van der Waals surface area (Å²) >= 11 is 7.80. The molecule has 0 unspecified atom stereocenters. The first kappa shape index (κ1) is 24.9. The van der Waals surface area contributed by atoms with E-state index in [2.05, 4.69) is 60.4 Å². The Kier molecular flexibility index (Phi) is 7.50. The number of benzene rings is 4. The van der Waals surface area contributed by atoms with Gasteiger partial charge in [-0.2, -0.15) is 0 Å². The third kappa shape index (κ3) is 5.66. The van der Waals surface area contributed by atoms with Gasteiger partial charge in [0.05, 0.1) is 12.1 Å². The van der Waals surface area contributed by atoms with Crippen molar-refractivity contribution in [1.29, 1.82) is 0 Å². The molecule has 0 atom stereocenters. The molecule has 184 valence electrons. The molecule has 0 saturated carbocycles. The van der Waals surface area contributed by atoms with Crippen LogP contribution in [0.1, 0.15) is 27.0 Å². The van der Waals surface area contributed by atoms with E-state index < -0.39 is 0 Å². The van der Waals surface area contributed by atoms with Gasteiger partial charge in [-0.1, -0.05) is 83.5 Å². The van der Waals surface area contributed by atoms with Gasteiger partial charge < -0.3 is 9.64 Å². The topological polar surface area (TPSA) is 29.5 Å². The standard InChI is InChI=1S/C32H26ClNO2S/c1-22-8-12-25(13-9-22)32-29(20-23-10-16-26(33)17-11-23)34(27-6-4-3-5-7-27)31(37-32)21-30(35)24-14-18-28(36-2)19-15-24/h3-19,21H,20H2,1-2H3/b31-21-. The quantitative estimate of drug-likeness (QED) is 0.179. The average Bonchev–Trinajstić information content (AvgIpc) is 3.28. The highest BCUT2D eigenvalue weighted by molar-refractivity contribution is 8.12. The van der Waals surface area contributed by atoms with Crippen LogP contribution in [0.5, 0.6) is 5.75 Å². The monoisotopic (exact) mass is 523 g/mol. The molecule has 5 rings (SSSR count). The van der Waals surface area contributed by atoms with Crippen LogP contribution in [-0.4, -0.2) is 12.9 Å². The van der Waals surface area contributed by atoms with Gasteiger partial charge in [0.1, 0.15) is 5.75 Å². The molecule has 37 heavy (non-hydrogen) atoms. The van der Waals surface area contributed by atoms with Crippen molar-refractivity contribution in [3.63, 3.8) is 0 Å². The number of ether oxygens (including phenoxy) is 1. The van der Waals surface area contributed by atoms with E-state index in [1.54, 1.807) is 37.1 Å². The van der Waals surface area contributed by atoms with Crippen molar-refractivity contribution < 1.29 is 9.53 Å². The molecule has 4 aromatic rings. The van der Waals surface area contributed by atoms with Gasteiger partial charge in [-0.3, -0.25) is 4.79 Å². The summed E-state index contributed by atoms with van der Waals surface area (Å²) in [5, 5.41) is 1.58. The van der Waals surface area contributed by atoms with Crippen molar-refractivity contribution in [2.75, 3.05) is 12.0 Å². The number of anilines is 1. The predicted octanol–water partition coefficient (Wildman–Crippen LogP) is 8.55. The Bertz CT molecular complexity index is 1460. The second-order valence-electron chi connectivity index (χ2n) is 8.79. The molecule has 0 N–H and O–H groups in total. The summed E-state index contributed by atoms with van der Waals surface area (Å²) in [5.41, 5.74) is 6.22. The van der Waals surface area contributed by atoms with E-state index >= 15 is 0 Å². The van der Waals surface area contributed by atoms with Crippen molar-refractivity contribution in [2.45, 2.75) is 13.3 Å². The second-order valence-corrected chi connectivity index (χ2v) is 10.3. The summed E-state index contributed by atoms with van der Waals surface area (Å²) in [6, 6.07) is 33.9. The molecular formula is C32H26ClNO2S. The lowest BCUT2D eigenvalue weighted by Gasteiger charge is -2.24. The maximum absolute atomic E-state index is 13.4. The molecule has 0 radical (unpaired) electrons. The molecule has 0 aromatic heterocycles. The van der Waals surface area contributed by atoms with Crippen molar-refractivity contribution in [3.05, 3.63) is 147 Å².